The Bertz CT molecular complexity index is 787. The van der Waals surface area contributed by atoms with Crippen molar-refractivity contribution in [1.29, 1.82) is 0 Å². The highest BCUT2D eigenvalue weighted by Gasteiger charge is 2.12. The summed E-state index contributed by atoms with van der Waals surface area (Å²) in [6, 6.07) is 13.0. The van der Waals surface area contributed by atoms with Crippen molar-refractivity contribution in [2.45, 2.75) is 13.8 Å². The maximum absolute atomic E-state index is 12.4. The van der Waals surface area contributed by atoms with E-state index in [0.717, 1.165) is 21.7 Å². The van der Waals surface area contributed by atoms with E-state index < -0.39 is 0 Å². The van der Waals surface area contributed by atoms with Crippen molar-refractivity contribution < 1.29 is 4.79 Å². The van der Waals surface area contributed by atoms with E-state index >= 15 is 0 Å². The van der Waals surface area contributed by atoms with Gasteiger partial charge in [-0.1, -0.05) is 47.5 Å². The first-order chi connectivity index (χ1) is 11.9. The average Bonchev–Trinajstić information content (AvgIpc) is 2.64. The van der Waals surface area contributed by atoms with Crippen LogP contribution in [0.25, 0.3) is 11.1 Å². The summed E-state index contributed by atoms with van der Waals surface area (Å²) in [7, 11) is 0. The normalized spacial score (nSPS) is 11.1. The number of hydrogen-bond acceptors (Lipinski definition) is 2. The van der Waals surface area contributed by atoms with E-state index in [1.807, 2.05) is 50.4 Å². The molecule has 0 fully saturated rings. The molecule has 1 N–H and O–H groups in total. The molecule has 0 aliphatic heterocycles. The Labute approximate surface area is 163 Å². The Morgan fingerprint density at radius 1 is 1.04 bits per heavy atom. The number of anilines is 1. The number of benzene rings is 2. The van der Waals surface area contributed by atoms with Crippen LogP contribution in [0.2, 0.25) is 10.0 Å². The Morgan fingerprint density at radius 3 is 2.28 bits per heavy atom. The number of nitrogens with one attached hydrogen (secondary N) is 1. The molecule has 132 valence electrons. The number of halogens is 2. The van der Waals surface area contributed by atoms with E-state index in [4.69, 9.17) is 23.2 Å². The Kier molecular flexibility index (Phi) is 8.84. The van der Waals surface area contributed by atoms with Crippen molar-refractivity contribution in [2.24, 2.45) is 0 Å². The number of amides is 1. The lowest BCUT2D eigenvalue weighted by molar-refractivity contribution is -0.112. The zero-order chi connectivity index (χ0) is 19.0. The van der Waals surface area contributed by atoms with Crippen LogP contribution in [0.4, 0.5) is 5.69 Å². The van der Waals surface area contributed by atoms with Crippen LogP contribution in [0, 0.1) is 0 Å². The highest BCUT2D eigenvalue weighted by Crippen LogP contribution is 2.33. The van der Waals surface area contributed by atoms with Gasteiger partial charge in [-0.3, -0.25) is 4.79 Å². The fourth-order valence-corrected chi connectivity index (χ4v) is 2.73. The van der Waals surface area contributed by atoms with Crippen LogP contribution in [-0.2, 0) is 4.79 Å². The van der Waals surface area contributed by atoms with E-state index in [2.05, 4.69) is 18.5 Å². The molecule has 0 radical (unpaired) electrons. The minimum Gasteiger partial charge on any atom is -0.322 e. The van der Waals surface area contributed by atoms with Crippen LogP contribution in [0.1, 0.15) is 13.8 Å². The summed E-state index contributed by atoms with van der Waals surface area (Å²) in [5.74, 6) is -0.107. The van der Waals surface area contributed by atoms with Gasteiger partial charge in [0.15, 0.2) is 0 Å². The van der Waals surface area contributed by atoms with Gasteiger partial charge in [-0.05, 0) is 48.8 Å². The first-order valence-corrected chi connectivity index (χ1v) is 9.49. The van der Waals surface area contributed by atoms with E-state index in [-0.39, 0.29) is 5.91 Å². The van der Waals surface area contributed by atoms with Gasteiger partial charge in [-0.2, -0.15) is 0 Å². The highest BCUT2D eigenvalue weighted by atomic mass is 35.5. The van der Waals surface area contributed by atoms with E-state index in [9.17, 15) is 4.79 Å². The molecule has 0 spiro atoms. The number of carbonyl (C=O) groups is 1. The average molecular weight is 394 g/mol. The second-order valence-corrected chi connectivity index (χ2v) is 6.85. The molecule has 0 heterocycles. The molecule has 25 heavy (non-hydrogen) atoms. The van der Waals surface area contributed by atoms with Crippen LogP contribution in [0.15, 0.2) is 66.1 Å². The predicted molar refractivity (Wildman–Crippen MR) is 114 cm³/mol. The summed E-state index contributed by atoms with van der Waals surface area (Å²) in [5.41, 5.74) is 3.25. The van der Waals surface area contributed by atoms with Crippen molar-refractivity contribution in [1.82, 2.24) is 0 Å². The fourth-order valence-electron chi connectivity index (χ4n) is 2.04. The second-order valence-electron chi connectivity index (χ2n) is 5.01. The molecule has 2 nitrogen and oxygen atoms in total. The SMILES string of the molecule is C=C.CS/C(C)=C(\C)C(=O)Nc1ccccc1-c1ccc(Cl)c(Cl)c1. The molecule has 0 bridgehead atoms. The van der Waals surface area contributed by atoms with Crippen LogP contribution < -0.4 is 5.32 Å². The van der Waals surface area contributed by atoms with Gasteiger partial charge in [-0.25, -0.2) is 0 Å². The monoisotopic (exact) mass is 393 g/mol. The topological polar surface area (TPSA) is 29.1 Å². The molecule has 5 heteroatoms. The first-order valence-electron chi connectivity index (χ1n) is 7.51. The number of thioether (sulfide) groups is 1. The summed E-state index contributed by atoms with van der Waals surface area (Å²) in [5, 5.41) is 3.96. The van der Waals surface area contributed by atoms with Gasteiger partial charge in [0.05, 0.1) is 10.0 Å². The maximum Gasteiger partial charge on any atom is 0.252 e. The zero-order valence-electron chi connectivity index (χ0n) is 14.5. The van der Waals surface area contributed by atoms with Gasteiger partial charge in [0.25, 0.3) is 5.91 Å². The second kappa shape index (κ2) is 10.3. The number of rotatable bonds is 4. The molecule has 0 aromatic heterocycles. The summed E-state index contributed by atoms with van der Waals surface area (Å²) in [6.45, 7) is 9.76. The third-order valence-corrected chi connectivity index (χ3v) is 5.24. The lowest BCUT2D eigenvalue weighted by atomic mass is 10.0. The molecule has 0 aliphatic carbocycles. The number of hydrogen-bond donors (Lipinski definition) is 1. The summed E-state index contributed by atoms with van der Waals surface area (Å²) in [4.78, 5) is 13.4. The third kappa shape index (κ3) is 5.67. The van der Waals surface area contributed by atoms with Gasteiger partial charge in [0.2, 0.25) is 0 Å². The molecule has 0 unspecified atom stereocenters. The number of para-hydroxylation sites is 1. The van der Waals surface area contributed by atoms with Crippen molar-refractivity contribution >= 4 is 46.6 Å². The lowest BCUT2D eigenvalue weighted by Crippen LogP contribution is -2.14. The van der Waals surface area contributed by atoms with Crippen molar-refractivity contribution in [3.8, 4) is 11.1 Å². The largest absolute Gasteiger partial charge is 0.322 e. The molecule has 2 aromatic rings. The summed E-state index contributed by atoms with van der Waals surface area (Å²) in [6.07, 6.45) is 1.95. The van der Waals surface area contributed by atoms with Crippen LogP contribution in [-0.4, -0.2) is 12.2 Å². The van der Waals surface area contributed by atoms with Gasteiger partial charge in [0, 0.05) is 16.8 Å². The van der Waals surface area contributed by atoms with Gasteiger partial charge in [0.1, 0.15) is 0 Å². The smallest absolute Gasteiger partial charge is 0.252 e. The fraction of sp³-hybridized carbons (Fsp3) is 0.150. The molecular weight excluding hydrogens is 373 g/mol. The molecule has 1 amide bonds. The Hall–Kier alpha value is -1.68. The molecule has 2 rings (SSSR count). The summed E-state index contributed by atoms with van der Waals surface area (Å²) >= 11 is 13.6. The quantitative estimate of drug-likeness (QED) is 0.444. The number of carbonyl (C=O) groups excluding carboxylic acids is 1. The molecular formula is C20H21Cl2NOS. The van der Waals surface area contributed by atoms with Gasteiger partial charge >= 0.3 is 0 Å². The van der Waals surface area contributed by atoms with Crippen LogP contribution >= 0.6 is 35.0 Å². The van der Waals surface area contributed by atoms with Crippen molar-refractivity contribution in [2.75, 3.05) is 11.6 Å². The van der Waals surface area contributed by atoms with Crippen LogP contribution in [0.5, 0.6) is 0 Å². The molecule has 2 aromatic carbocycles. The Balaban J connectivity index is 0.00000151. The lowest BCUT2D eigenvalue weighted by Gasteiger charge is -2.13. The van der Waals surface area contributed by atoms with E-state index in [1.54, 1.807) is 23.9 Å². The van der Waals surface area contributed by atoms with Crippen molar-refractivity contribution in [3.63, 3.8) is 0 Å². The predicted octanol–water partition coefficient (Wildman–Crippen LogP) is 7.06. The van der Waals surface area contributed by atoms with E-state index in [1.165, 1.54) is 0 Å². The third-order valence-electron chi connectivity index (χ3n) is 3.58. The standard InChI is InChI=1S/C18H17Cl2NOS.C2H4/c1-11(12(2)23-3)18(22)21-17-7-5-4-6-14(17)13-8-9-15(19)16(20)10-13;1-2/h4-10H,1-3H3,(H,21,22);1-2H2/b12-11+;. The minimum absolute atomic E-state index is 0.107. The van der Waals surface area contributed by atoms with Gasteiger partial charge in [-0.15, -0.1) is 24.9 Å². The number of allylic oxidation sites excluding steroid dienone is 1. The molecule has 0 saturated heterocycles. The molecule has 0 atom stereocenters. The van der Waals surface area contributed by atoms with Crippen LogP contribution in [0.3, 0.4) is 0 Å². The minimum atomic E-state index is -0.107. The van der Waals surface area contributed by atoms with Crippen molar-refractivity contribution in [3.05, 3.63) is 76.1 Å². The summed E-state index contributed by atoms with van der Waals surface area (Å²) < 4.78 is 0. The molecule has 0 saturated carbocycles. The zero-order valence-corrected chi connectivity index (χ0v) is 16.9. The Morgan fingerprint density at radius 2 is 1.68 bits per heavy atom. The maximum atomic E-state index is 12.4. The van der Waals surface area contributed by atoms with Gasteiger partial charge < -0.3 is 5.32 Å². The van der Waals surface area contributed by atoms with E-state index in [0.29, 0.717) is 15.6 Å². The highest BCUT2D eigenvalue weighted by molar-refractivity contribution is 8.02. The molecule has 0 aliphatic rings. The first kappa shape index (κ1) is 21.4.